The molecular formula is C21H27FN6O3. The van der Waals surface area contributed by atoms with Gasteiger partial charge in [0.25, 0.3) is 0 Å². The molecule has 1 aliphatic rings. The van der Waals surface area contributed by atoms with Crippen LogP contribution in [0, 0.1) is 27.8 Å². The van der Waals surface area contributed by atoms with Gasteiger partial charge in [0, 0.05) is 37.3 Å². The summed E-state index contributed by atoms with van der Waals surface area (Å²) in [6, 6.07) is 7.47. The standard InChI is InChI=1S/C21H27FN6O3/c1-13(2)12-24-19-6-5-18(28(30)31)21(26-19)25-15-3-4-17(16(22)11-15)27-9-7-14(8-10-27)20(23)29/h3-6,11,13-14H,7-10,12H2,1-2H3,(H2,23,29)(H2,24,25,26). The maximum absolute atomic E-state index is 14.8. The van der Waals surface area contributed by atoms with Crippen molar-refractivity contribution in [2.45, 2.75) is 26.7 Å². The van der Waals surface area contributed by atoms with E-state index in [0.29, 0.717) is 55.6 Å². The second-order valence-corrected chi connectivity index (χ2v) is 8.05. The lowest BCUT2D eigenvalue weighted by Crippen LogP contribution is -2.38. The summed E-state index contributed by atoms with van der Waals surface area (Å²) in [5.74, 6) is -0.0472. The van der Waals surface area contributed by atoms with Crippen molar-refractivity contribution in [1.82, 2.24) is 4.98 Å². The summed E-state index contributed by atoms with van der Waals surface area (Å²) < 4.78 is 14.8. The number of hydrogen-bond acceptors (Lipinski definition) is 7. The molecule has 1 saturated heterocycles. The van der Waals surface area contributed by atoms with Crippen molar-refractivity contribution < 1.29 is 14.1 Å². The number of aromatic nitrogens is 1. The third-order valence-electron chi connectivity index (χ3n) is 5.21. The first-order valence-corrected chi connectivity index (χ1v) is 10.2. The minimum Gasteiger partial charge on any atom is -0.370 e. The van der Waals surface area contributed by atoms with Gasteiger partial charge in [-0.3, -0.25) is 14.9 Å². The molecule has 31 heavy (non-hydrogen) atoms. The number of hydrogen-bond donors (Lipinski definition) is 3. The zero-order chi connectivity index (χ0) is 22.5. The van der Waals surface area contributed by atoms with Crippen LogP contribution in [0.1, 0.15) is 26.7 Å². The molecule has 0 radical (unpaired) electrons. The maximum atomic E-state index is 14.8. The number of nitrogens with zero attached hydrogens (tertiary/aromatic N) is 3. The zero-order valence-electron chi connectivity index (χ0n) is 17.6. The van der Waals surface area contributed by atoms with Gasteiger partial charge in [-0.2, -0.15) is 0 Å². The molecule has 0 saturated carbocycles. The second kappa shape index (κ2) is 9.59. The van der Waals surface area contributed by atoms with Crippen LogP contribution in [0.25, 0.3) is 0 Å². The van der Waals surface area contributed by atoms with E-state index in [0.717, 1.165) is 0 Å². The third-order valence-corrected chi connectivity index (χ3v) is 5.21. The molecule has 0 unspecified atom stereocenters. The summed E-state index contributed by atoms with van der Waals surface area (Å²) in [6.45, 7) is 5.82. The van der Waals surface area contributed by atoms with E-state index in [2.05, 4.69) is 15.6 Å². The third kappa shape index (κ3) is 5.59. The van der Waals surface area contributed by atoms with Crippen LogP contribution >= 0.6 is 0 Å². The first kappa shape index (κ1) is 22.3. The molecule has 2 aromatic rings. The van der Waals surface area contributed by atoms with Crippen molar-refractivity contribution in [3.8, 4) is 0 Å². The average molecular weight is 430 g/mol. The summed E-state index contributed by atoms with van der Waals surface area (Å²) in [6.07, 6.45) is 1.17. The normalized spacial score (nSPS) is 14.5. The molecule has 1 aromatic carbocycles. The molecular weight excluding hydrogens is 403 g/mol. The van der Waals surface area contributed by atoms with Crippen molar-refractivity contribution in [3.05, 3.63) is 46.3 Å². The average Bonchev–Trinajstić information content (AvgIpc) is 2.72. The molecule has 0 aliphatic carbocycles. The first-order valence-electron chi connectivity index (χ1n) is 10.2. The minimum absolute atomic E-state index is 0.0354. The number of nitro groups is 1. The van der Waals surface area contributed by atoms with Crippen molar-refractivity contribution >= 4 is 34.6 Å². The molecule has 166 valence electrons. The maximum Gasteiger partial charge on any atom is 0.311 e. The number of nitrogens with one attached hydrogen (secondary N) is 2. The Morgan fingerprint density at radius 1 is 1.32 bits per heavy atom. The summed E-state index contributed by atoms with van der Waals surface area (Å²) in [5, 5.41) is 17.4. The lowest BCUT2D eigenvalue weighted by Gasteiger charge is -2.32. The predicted molar refractivity (Wildman–Crippen MR) is 118 cm³/mol. The fraction of sp³-hybridized carbons (Fsp3) is 0.429. The van der Waals surface area contributed by atoms with Gasteiger partial charge in [-0.15, -0.1) is 0 Å². The largest absolute Gasteiger partial charge is 0.370 e. The van der Waals surface area contributed by atoms with E-state index < -0.39 is 10.7 Å². The Morgan fingerprint density at radius 3 is 2.61 bits per heavy atom. The SMILES string of the molecule is CC(C)CNc1ccc([N+](=O)[O-])c(Nc2ccc(N3CCC(C(N)=O)CC3)c(F)c2)n1. The topological polar surface area (TPSA) is 126 Å². The number of carbonyl (C=O) groups is 1. The molecule has 1 fully saturated rings. The molecule has 0 bridgehead atoms. The van der Waals surface area contributed by atoms with E-state index in [1.54, 1.807) is 18.2 Å². The molecule has 1 aliphatic heterocycles. The minimum atomic E-state index is -0.533. The van der Waals surface area contributed by atoms with E-state index >= 15 is 0 Å². The molecule has 2 heterocycles. The number of piperidine rings is 1. The zero-order valence-corrected chi connectivity index (χ0v) is 17.6. The Bertz CT molecular complexity index is 960. The van der Waals surface area contributed by atoms with Gasteiger partial charge in [-0.25, -0.2) is 9.37 Å². The Morgan fingerprint density at radius 2 is 2.03 bits per heavy atom. The number of rotatable bonds is 8. The summed E-state index contributed by atoms with van der Waals surface area (Å²) in [4.78, 5) is 28.3. The van der Waals surface area contributed by atoms with Crippen LogP contribution in [0.15, 0.2) is 30.3 Å². The smallest absolute Gasteiger partial charge is 0.311 e. The number of benzene rings is 1. The van der Waals surface area contributed by atoms with Crippen LogP contribution in [0.2, 0.25) is 0 Å². The van der Waals surface area contributed by atoms with Crippen LogP contribution in [0.3, 0.4) is 0 Å². The molecule has 10 heteroatoms. The van der Waals surface area contributed by atoms with Crippen molar-refractivity contribution in [2.24, 2.45) is 17.6 Å². The van der Waals surface area contributed by atoms with E-state index in [1.807, 2.05) is 18.7 Å². The van der Waals surface area contributed by atoms with Crippen LogP contribution < -0.4 is 21.3 Å². The number of primary amides is 1. The highest BCUT2D eigenvalue weighted by molar-refractivity contribution is 5.77. The Labute approximate surface area is 180 Å². The van der Waals surface area contributed by atoms with E-state index in [-0.39, 0.29) is 23.3 Å². The Balaban J connectivity index is 1.77. The van der Waals surface area contributed by atoms with Gasteiger partial charge in [0.2, 0.25) is 11.7 Å². The molecule has 4 N–H and O–H groups in total. The molecule has 1 aromatic heterocycles. The van der Waals surface area contributed by atoms with Gasteiger partial charge in [-0.05, 0) is 43.0 Å². The molecule has 0 atom stereocenters. The van der Waals surface area contributed by atoms with Gasteiger partial charge < -0.3 is 21.3 Å². The van der Waals surface area contributed by atoms with Crippen molar-refractivity contribution in [3.63, 3.8) is 0 Å². The van der Waals surface area contributed by atoms with Crippen LogP contribution in [-0.2, 0) is 4.79 Å². The quantitative estimate of drug-likeness (QED) is 0.431. The monoisotopic (exact) mass is 430 g/mol. The Hall–Kier alpha value is -3.43. The highest BCUT2D eigenvalue weighted by Gasteiger charge is 2.25. The predicted octanol–water partition coefficient (Wildman–Crippen LogP) is 3.64. The number of amides is 1. The van der Waals surface area contributed by atoms with E-state index in [4.69, 9.17) is 5.73 Å². The number of halogens is 1. The Kier molecular flexibility index (Phi) is 6.88. The van der Waals surface area contributed by atoms with Crippen molar-refractivity contribution in [2.75, 3.05) is 35.2 Å². The molecule has 9 nitrogen and oxygen atoms in total. The number of carbonyl (C=O) groups excluding carboxylic acids is 1. The lowest BCUT2D eigenvalue weighted by molar-refractivity contribution is -0.384. The highest BCUT2D eigenvalue weighted by atomic mass is 19.1. The summed E-state index contributed by atoms with van der Waals surface area (Å²) in [5.41, 5.74) is 5.92. The fourth-order valence-electron chi connectivity index (χ4n) is 3.48. The van der Waals surface area contributed by atoms with Gasteiger partial charge in [0.1, 0.15) is 11.6 Å². The number of anilines is 4. The summed E-state index contributed by atoms with van der Waals surface area (Å²) in [7, 11) is 0. The molecule has 1 amide bonds. The van der Waals surface area contributed by atoms with Crippen LogP contribution in [0.5, 0.6) is 0 Å². The number of pyridine rings is 1. The van der Waals surface area contributed by atoms with Gasteiger partial charge >= 0.3 is 5.69 Å². The second-order valence-electron chi connectivity index (χ2n) is 8.05. The lowest BCUT2D eigenvalue weighted by atomic mass is 9.96. The van der Waals surface area contributed by atoms with Gasteiger partial charge in [-0.1, -0.05) is 13.8 Å². The molecule has 0 spiro atoms. The van der Waals surface area contributed by atoms with Crippen LogP contribution in [-0.4, -0.2) is 35.4 Å². The van der Waals surface area contributed by atoms with Crippen LogP contribution in [0.4, 0.5) is 33.1 Å². The highest BCUT2D eigenvalue weighted by Crippen LogP contribution is 2.31. The van der Waals surface area contributed by atoms with Gasteiger partial charge in [0.05, 0.1) is 10.6 Å². The fourth-order valence-corrected chi connectivity index (χ4v) is 3.48. The van der Waals surface area contributed by atoms with Gasteiger partial charge in [0.15, 0.2) is 0 Å². The first-order chi connectivity index (χ1) is 14.7. The van der Waals surface area contributed by atoms with E-state index in [9.17, 15) is 19.3 Å². The summed E-state index contributed by atoms with van der Waals surface area (Å²) >= 11 is 0. The van der Waals surface area contributed by atoms with E-state index in [1.165, 1.54) is 12.1 Å². The number of nitrogens with two attached hydrogens (primary N) is 1. The molecule has 3 rings (SSSR count). The van der Waals surface area contributed by atoms with Crippen molar-refractivity contribution in [1.29, 1.82) is 0 Å².